The number of benzene rings is 2. The Hall–Kier alpha value is -3.87. The molecule has 1 spiro atoms. The van der Waals surface area contributed by atoms with Crippen molar-refractivity contribution in [1.82, 2.24) is 15.3 Å². The monoisotopic (exact) mass is 442 g/mol. The molecule has 7 nitrogen and oxygen atoms in total. The first kappa shape index (κ1) is 21.0. The van der Waals surface area contributed by atoms with Gasteiger partial charge in [-0.05, 0) is 56.2 Å². The molecule has 3 N–H and O–H groups in total. The molecule has 3 heterocycles. The van der Waals surface area contributed by atoms with E-state index in [1.807, 2.05) is 57.2 Å². The largest absolute Gasteiger partial charge is 0.460 e. The molecule has 0 aliphatic carbocycles. The summed E-state index contributed by atoms with van der Waals surface area (Å²) in [6.07, 6.45) is 7.31. The summed E-state index contributed by atoms with van der Waals surface area (Å²) in [4.78, 5) is 20.7. The average Bonchev–Trinajstić information content (AvgIpc) is 3.16. The van der Waals surface area contributed by atoms with Crippen LogP contribution in [0.4, 0.5) is 0 Å². The van der Waals surface area contributed by atoms with E-state index in [2.05, 4.69) is 21.4 Å². The maximum atomic E-state index is 12.5. The molecule has 168 valence electrons. The molecule has 2 aliphatic heterocycles. The van der Waals surface area contributed by atoms with Crippen LogP contribution >= 0.6 is 0 Å². The van der Waals surface area contributed by atoms with Crippen LogP contribution in [0.3, 0.4) is 0 Å². The SMILES string of the molecule is CC(C)(C)OC(=O)Cc1ccc2c(c1)[C@]1(C=C(N)NC1)c1cc(-c3cncnc3)ccc1O2. The zero-order chi connectivity index (χ0) is 23.2. The molecule has 0 fully saturated rings. The Morgan fingerprint density at radius 2 is 1.79 bits per heavy atom. The lowest BCUT2D eigenvalue weighted by atomic mass is 9.72. The molecule has 1 atom stereocenters. The third-order valence-electron chi connectivity index (χ3n) is 5.84. The van der Waals surface area contributed by atoms with Gasteiger partial charge in [0.2, 0.25) is 0 Å². The van der Waals surface area contributed by atoms with Crippen molar-refractivity contribution >= 4 is 5.97 Å². The number of ether oxygens (including phenoxy) is 2. The number of nitrogens with one attached hydrogen (secondary N) is 1. The third-order valence-corrected chi connectivity index (χ3v) is 5.84. The second-order valence-electron chi connectivity index (χ2n) is 9.46. The highest BCUT2D eigenvalue weighted by Gasteiger charge is 2.44. The summed E-state index contributed by atoms with van der Waals surface area (Å²) in [6, 6.07) is 11.9. The number of aromatic nitrogens is 2. The minimum Gasteiger partial charge on any atom is -0.460 e. The van der Waals surface area contributed by atoms with Crippen LogP contribution in [-0.4, -0.2) is 28.1 Å². The smallest absolute Gasteiger partial charge is 0.310 e. The van der Waals surface area contributed by atoms with E-state index in [0.29, 0.717) is 12.4 Å². The first-order valence-electron chi connectivity index (χ1n) is 10.9. The number of fused-ring (bicyclic) bond motifs is 4. The molecular weight excluding hydrogens is 416 g/mol. The van der Waals surface area contributed by atoms with Crippen molar-refractivity contribution in [2.45, 2.75) is 38.2 Å². The van der Waals surface area contributed by atoms with E-state index in [1.165, 1.54) is 6.33 Å². The van der Waals surface area contributed by atoms with Gasteiger partial charge in [-0.15, -0.1) is 0 Å². The number of carbonyl (C=O) groups excluding carboxylic acids is 1. The Bertz CT molecular complexity index is 1260. The van der Waals surface area contributed by atoms with E-state index in [9.17, 15) is 4.79 Å². The van der Waals surface area contributed by atoms with Gasteiger partial charge in [-0.3, -0.25) is 4.79 Å². The van der Waals surface area contributed by atoms with Crippen LogP contribution in [-0.2, 0) is 21.4 Å². The highest BCUT2D eigenvalue weighted by molar-refractivity contribution is 5.74. The summed E-state index contributed by atoms with van der Waals surface area (Å²) >= 11 is 0. The number of hydrogen-bond donors (Lipinski definition) is 2. The number of nitrogens with zero attached hydrogens (tertiary/aromatic N) is 2. The van der Waals surface area contributed by atoms with Crippen molar-refractivity contribution in [2.24, 2.45) is 5.73 Å². The van der Waals surface area contributed by atoms with Crippen molar-refractivity contribution in [1.29, 1.82) is 0 Å². The highest BCUT2D eigenvalue weighted by Crippen LogP contribution is 2.51. The van der Waals surface area contributed by atoms with Crippen LogP contribution in [0.25, 0.3) is 11.1 Å². The van der Waals surface area contributed by atoms with Crippen molar-refractivity contribution in [3.8, 4) is 22.6 Å². The van der Waals surface area contributed by atoms with Crippen LogP contribution in [0.1, 0.15) is 37.5 Å². The summed E-state index contributed by atoms with van der Waals surface area (Å²) < 4.78 is 11.8. The zero-order valence-corrected chi connectivity index (χ0v) is 18.9. The predicted molar refractivity (Wildman–Crippen MR) is 125 cm³/mol. The van der Waals surface area contributed by atoms with Crippen LogP contribution in [0.2, 0.25) is 0 Å². The fraction of sp³-hybridized carbons (Fsp3) is 0.269. The zero-order valence-electron chi connectivity index (χ0n) is 18.9. The number of rotatable bonds is 3. The average molecular weight is 443 g/mol. The van der Waals surface area contributed by atoms with Gasteiger partial charge in [-0.25, -0.2) is 9.97 Å². The number of carbonyl (C=O) groups is 1. The molecule has 0 amide bonds. The summed E-state index contributed by atoms with van der Waals surface area (Å²) in [5.74, 6) is 1.87. The lowest BCUT2D eigenvalue weighted by Crippen LogP contribution is -2.34. The first-order valence-corrected chi connectivity index (χ1v) is 10.9. The summed E-state index contributed by atoms with van der Waals surface area (Å²) in [6.45, 7) is 6.19. The van der Waals surface area contributed by atoms with Gasteiger partial charge < -0.3 is 20.5 Å². The molecule has 0 unspecified atom stereocenters. The molecule has 0 saturated heterocycles. The predicted octanol–water partition coefficient (Wildman–Crippen LogP) is 3.82. The van der Waals surface area contributed by atoms with E-state index >= 15 is 0 Å². The molecule has 33 heavy (non-hydrogen) atoms. The van der Waals surface area contributed by atoms with E-state index < -0.39 is 11.0 Å². The number of hydrogen-bond acceptors (Lipinski definition) is 7. The lowest BCUT2D eigenvalue weighted by Gasteiger charge is -2.36. The maximum absolute atomic E-state index is 12.5. The quantitative estimate of drug-likeness (QED) is 0.595. The molecular formula is C26H26N4O3. The molecule has 5 rings (SSSR count). The van der Waals surface area contributed by atoms with Crippen molar-refractivity contribution < 1.29 is 14.3 Å². The van der Waals surface area contributed by atoms with E-state index in [1.54, 1.807) is 12.4 Å². The third kappa shape index (κ3) is 3.91. The fourth-order valence-corrected chi connectivity index (χ4v) is 4.48. The van der Waals surface area contributed by atoms with Crippen molar-refractivity contribution in [2.75, 3.05) is 6.54 Å². The Morgan fingerprint density at radius 3 is 2.45 bits per heavy atom. The molecule has 0 bridgehead atoms. The molecule has 1 aromatic heterocycles. The van der Waals surface area contributed by atoms with Gasteiger partial charge in [0.05, 0.1) is 17.7 Å². The minimum atomic E-state index is -0.529. The van der Waals surface area contributed by atoms with Crippen molar-refractivity contribution in [3.05, 3.63) is 83.7 Å². The van der Waals surface area contributed by atoms with Gasteiger partial charge in [-0.1, -0.05) is 18.2 Å². The van der Waals surface area contributed by atoms with E-state index in [0.717, 1.165) is 39.3 Å². The Morgan fingerprint density at radius 1 is 1.09 bits per heavy atom. The molecule has 7 heteroatoms. The van der Waals surface area contributed by atoms with Crippen LogP contribution in [0.15, 0.2) is 67.0 Å². The molecule has 0 radical (unpaired) electrons. The summed E-state index contributed by atoms with van der Waals surface area (Å²) in [7, 11) is 0. The van der Waals surface area contributed by atoms with Gasteiger partial charge in [0.15, 0.2) is 0 Å². The van der Waals surface area contributed by atoms with Crippen LogP contribution < -0.4 is 15.8 Å². The van der Waals surface area contributed by atoms with Crippen LogP contribution in [0, 0.1) is 0 Å². The fourth-order valence-electron chi connectivity index (χ4n) is 4.48. The second kappa shape index (κ2) is 7.62. The topological polar surface area (TPSA) is 99.4 Å². The highest BCUT2D eigenvalue weighted by atomic mass is 16.6. The van der Waals surface area contributed by atoms with Gasteiger partial charge in [0, 0.05) is 35.6 Å². The van der Waals surface area contributed by atoms with Gasteiger partial charge >= 0.3 is 5.97 Å². The van der Waals surface area contributed by atoms with E-state index in [4.69, 9.17) is 15.2 Å². The van der Waals surface area contributed by atoms with E-state index in [-0.39, 0.29) is 12.4 Å². The Kier molecular flexibility index (Phi) is 4.85. The second-order valence-corrected chi connectivity index (χ2v) is 9.46. The minimum absolute atomic E-state index is 0.182. The lowest BCUT2D eigenvalue weighted by molar-refractivity contribution is -0.153. The normalized spacial score (nSPS) is 18.6. The number of esters is 1. The van der Waals surface area contributed by atoms with Crippen molar-refractivity contribution in [3.63, 3.8) is 0 Å². The molecule has 2 aromatic carbocycles. The number of nitrogens with two attached hydrogens (primary N) is 1. The Balaban J connectivity index is 1.59. The molecule has 2 aliphatic rings. The van der Waals surface area contributed by atoms with Crippen LogP contribution in [0.5, 0.6) is 11.5 Å². The molecule has 0 saturated carbocycles. The van der Waals surface area contributed by atoms with Gasteiger partial charge in [0.25, 0.3) is 0 Å². The summed E-state index contributed by atoms with van der Waals surface area (Å²) in [5.41, 5.74) is 9.89. The first-order chi connectivity index (χ1) is 15.7. The maximum Gasteiger partial charge on any atom is 0.310 e. The van der Waals surface area contributed by atoms with Gasteiger partial charge in [0.1, 0.15) is 23.4 Å². The molecule has 3 aromatic rings. The summed E-state index contributed by atoms with van der Waals surface area (Å²) in [5, 5.41) is 3.28. The standard InChI is InChI=1S/C26H26N4O3/c1-25(2,3)33-24(31)9-16-4-6-21-19(8-16)26(11-23(27)30-14-26)20-10-17(5-7-22(20)32-21)18-12-28-15-29-13-18/h4-8,10-13,15,30H,9,14,27H2,1-3H3/t26-/m1/s1. The van der Waals surface area contributed by atoms with Gasteiger partial charge in [-0.2, -0.15) is 0 Å². The Labute approximate surface area is 192 Å².